The van der Waals surface area contributed by atoms with Gasteiger partial charge in [0.2, 0.25) is 0 Å². The van der Waals surface area contributed by atoms with E-state index in [1.54, 1.807) is 19.2 Å². The number of benzene rings is 1. The van der Waals surface area contributed by atoms with Gasteiger partial charge in [0.05, 0.1) is 23.9 Å². The largest absolute Gasteiger partial charge is 0.495 e. The summed E-state index contributed by atoms with van der Waals surface area (Å²) in [5.74, 6) is 0.0593. The van der Waals surface area contributed by atoms with Crippen LogP contribution in [0.2, 0.25) is 0 Å². The van der Waals surface area contributed by atoms with E-state index in [4.69, 9.17) is 4.74 Å². The standard InChI is InChI=1S/C21H25N3O3/c1-14-8-9-19(27-2)18(10-14)24-21(26)16-11-15(12-22-13-16)20(25)23-17-6-4-3-5-7-17/h8-13,17H,3-7H2,1-2H3,(H,23,25)(H,24,26). The molecule has 6 heteroatoms. The molecule has 27 heavy (non-hydrogen) atoms. The molecule has 142 valence electrons. The summed E-state index contributed by atoms with van der Waals surface area (Å²) in [6.45, 7) is 1.94. The van der Waals surface area contributed by atoms with Gasteiger partial charge in [0.1, 0.15) is 5.75 Å². The molecule has 1 aromatic carbocycles. The summed E-state index contributed by atoms with van der Waals surface area (Å²) in [6, 6.07) is 7.33. The van der Waals surface area contributed by atoms with E-state index in [0.29, 0.717) is 22.6 Å². The van der Waals surface area contributed by atoms with Crippen LogP contribution in [0.1, 0.15) is 58.4 Å². The van der Waals surface area contributed by atoms with Crippen LogP contribution in [0.3, 0.4) is 0 Å². The van der Waals surface area contributed by atoms with Crippen LogP contribution in [0.25, 0.3) is 0 Å². The molecular weight excluding hydrogens is 342 g/mol. The Morgan fingerprint density at radius 2 is 1.74 bits per heavy atom. The van der Waals surface area contributed by atoms with E-state index in [0.717, 1.165) is 31.2 Å². The molecule has 0 spiro atoms. The first-order valence-electron chi connectivity index (χ1n) is 9.28. The van der Waals surface area contributed by atoms with Gasteiger partial charge >= 0.3 is 0 Å². The summed E-state index contributed by atoms with van der Waals surface area (Å²) in [5, 5.41) is 5.88. The fourth-order valence-electron chi connectivity index (χ4n) is 3.32. The number of nitrogens with zero attached hydrogens (tertiary/aromatic N) is 1. The molecular formula is C21H25N3O3. The van der Waals surface area contributed by atoms with Gasteiger partial charge < -0.3 is 15.4 Å². The second-order valence-corrected chi connectivity index (χ2v) is 6.93. The third-order valence-corrected chi connectivity index (χ3v) is 4.81. The Morgan fingerprint density at radius 3 is 2.44 bits per heavy atom. The molecule has 1 aliphatic carbocycles. The highest BCUT2D eigenvalue weighted by Crippen LogP contribution is 2.25. The van der Waals surface area contributed by atoms with Gasteiger partial charge in [0.25, 0.3) is 11.8 Å². The molecule has 0 radical (unpaired) electrons. The molecule has 1 saturated carbocycles. The number of carbonyl (C=O) groups excluding carboxylic acids is 2. The summed E-state index contributed by atoms with van der Waals surface area (Å²) >= 11 is 0. The first-order chi connectivity index (χ1) is 13.1. The minimum Gasteiger partial charge on any atom is -0.495 e. The normalized spacial score (nSPS) is 14.4. The summed E-state index contributed by atoms with van der Waals surface area (Å²) in [4.78, 5) is 29.2. The molecule has 1 aliphatic rings. The SMILES string of the molecule is COc1ccc(C)cc1NC(=O)c1cncc(C(=O)NC2CCCCC2)c1. The molecule has 6 nitrogen and oxygen atoms in total. The molecule has 0 unspecified atom stereocenters. The molecule has 3 rings (SSSR count). The number of anilines is 1. The minimum absolute atomic E-state index is 0.183. The molecule has 1 heterocycles. The zero-order valence-corrected chi connectivity index (χ0v) is 15.7. The lowest BCUT2D eigenvalue weighted by molar-refractivity contribution is 0.0927. The number of hydrogen-bond acceptors (Lipinski definition) is 4. The van der Waals surface area contributed by atoms with Crippen molar-refractivity contribution in [3.05, 3.63) is 53.3 Å². The van der Waals surface area contributed by atoms with Crippen molar-refractivity contribution in [1.82, 2.24) is 10.3 Å². The van der Waals surface area contributed by atoms with Crippen molar-refractivity contribution in [3.8, 4) is 5.75 Å². The Balaban J connectivity index is 1.72. The van der Waals surface area contributed by atoms with Crippen LogP contribution in [-0.2, 0) is 0 Å². The van der Waals surface area contributed by atoms with E-state index < -0.39 is 0 Å². The molecule has 2 aromatic rings. The third-order valence-electron chi connectivity index (χ3n) is 4.81. The smallest absolute Gasteiger partial charge is 0.257 e. The molecule has 2 amide bonds. The average Bonchev–Trinajstić information content (AvgIpc) is 2.69. The predicted octanol–water partition coefficient (Wildman–Crippen LogP) is 3.71. The van der Waals surface area contributed by atoms with Gasteiger partial charge in [-0.05, 0) is 43.5 Å². The topological polar surface area (TPSA) is 80.3 Å². The van der Waals surface area contributed by atoms with E-state index in [-0.39, 0.29) is 17.9 Å². The first-order valence-corrected chi connectivity index (χ1v) is 9.28. The predicted molar refractivity (Wildman–Crippen MR) is 104 cm³/mol. The molecule has 0 aliphatic heterocycles. The van der Waals surface area contributed by atoms with E-state index in [1.165, 1.54) is 18.8 Å². The zero-order valence-electron chi connectivity index (χ0n) is 15.7. The van der Waals surface area contributed by atoms with Gasteiger partial charge in [-0.2, -0.15) is 0 Å². The fourth-order valence-corrected chi connectivity index (χ4v) is 3.32. The monoisotopic (exact) mass is 367 g/mol. The third kappa shape index (κ3) is 4.84. The zero-order chi connectivity index (χ0) is 19.2. The second kappa shape index (κ2) is 8.66. The van der Waals surface area contributed by atoms with Gasteiger partial charge in [0.15, 0.2) is 0 Å². The highest BCUT2D eigenvalue weighted by Gasteiger charge is 2.18. The summed E-state index contributed by atoms with van der Waals surface area (Å²) < 4.78 is 5.29. The highest BCUT2D eigenvalue weighted by atomic mass is 16.5. The van der Waals surface area contributed by atoms with E-state index >= 15 is 0 Å². The summed E-state index contributed by atoms with van der Waals surface area (Å²) in [6.07, 6.45) is 8.47. The maximum atomic E-state index is 12.6. The molecule has 0 saturated heterocycles. The van der Waals surface area contributed by atoms with Crippen molar-refractivity contribution in [2.45, 2.75) is 45.1 Å². The minimum atomic E-state index is -0.335. The Bertz CT molecular complexity index is 829. The number of aromatic nitrogens is 1. The number of hydrogen-bond donors (Lipinski definition) is 2. The number of methoxy groups -OCH3 is 1. The number of rotatable bonds is 5. The Labute approximate surface area is 159 Å². The van der Waals surface area contributed by atoms with Crippen molar-refractivity contribution >= 4 is 17.5 Å². The van der Waals surface area contributed by atoms with Crippen molar-refractivity contribution < 1.29 is 14.3 Å². The number of carbonyl (C=O) groups is 2. The van der Waals surface area contributed by atoms with Crippen LogP contribution in [0, 0.1) is 6.92 Å². The van der Waals surface area contributed by atoms with Gasteiger partial charge in [-0.3, -0.25) is 14.6 Å². The Hall–Kier alpha value is -2.89. The number of aryl methyl sites for hydroxylation is 1. The van der Waals surface area contributed by atoms with Crippen molar-refractivity contribution in [1.29, 1.82) is 0 Å². The average molecular weight is 367 g/mol. The van der Waals surface area contributed by atoms with Crippen LogP contribution in [0.4, 0.5) is 5.69 Å². The number of nitrogens with one attached hydrogen (secondary N) is 2. The van der Waals surface area contributed by atoms with Crippen LogP contribution < -0.4 is 15.4 Å². The van der Waals surface area contributed by atoms with Crippen molar-refractivity contribution in [2.75, 3.05) is 12.4 Å². The molecule has 1 aromatic heterocycles. The van der Waals surface area contributed by atoms with Crippen LogP contribution in [0.15, 0.2) is 36.7 Å². The maximum Gasteiger partial charge on any atom is 0.257 e. The molecule has 1 fully saturated rings. The number of amides is 2. The van der Waals surface area contributed by atoms with Gasteiger partial charge in [-0.15, -0.1) is 0 Å². The van der Waals surface area contributed by atoms with Gasteiger partial charge in [0, 0.05) is 18.4 Å². The lowest BCUT2D eigenvalue weighted by Crippen LogP contribution is -2.36. The summed E-state index contributed by atoms with van der Waals surface area (Å²) in [7, 11) is 1.55. The first kappa shape index (κ1) is 18.9. The van der Waals surface area contributed by atoms with Crippen LogP contribution in [0.5, 0.6) is 5.75 Å². The molecule has 0 bridgehead atoms. The maximum absolute atomic E-state index is 12.6. The van der Waals surface area contributed by atoms with Crippen LogP contribution in [-0.4, -0.2) is 29.9 Å². The van der Waals surface area contributed by atoms with Crippen molar-refractivity contribution in [2.24, 2.45) is 0 Å². The van der Waals surface area contributed by atoms with Crippen LogP contribution >= 0.6 is 0 Å². The van der Waals surface area contributed by atoms with E-state index in [1.807, 2.05) is 19.1 Å². The number of ether oxygens (including phenoxy) is 1. The number of pyridine rings is 1. The lowest BCUT2D eigenvalue weighted by atomic mass is 9.95. The van der Waals surface area contributed by atoms with E-state index in [2.05, 4.69) is 15.6 Å². The lowest BCUT2D eigenvalue weighted by Gasteiger charge is -2.22. The van der Waals surface area contributed by atoms with Gasteiger partial charge in [-0.25, -0.2) is 0 Å². The van der Waals surface area contributed by atoms with Gasteiger partial charge in [-0.1, -0.05) is 25.3 Å². The summed E-state index contributed by atoms with van der Waals surface area (Å²) in [5.41, 5.74) is 2.31. The Morgan fingerprint density at radius 1 is 1.04 bits per heavy atom. The fraction of sp³-hybridized carbons (Fsp3) is 0.381. The van der Waals surface area contributed by atoms with Crippen molar-refractivity contribution in [3.63, 3.8) is 0 Å². The quantitative estimate of drug-likeness (QED) is 0.844. The highest BCUT2D eigenvalue weighted by molar-refractivity contribution is 6.06. The molecule has 2 N–H and O–H groups in total. The molecule has 0 atom stereocenters. The second-order valence-electron chi connectivity index (χ2n) is 6.93. The Kier molecular flexibility index (Phi) is 6.06. The van der Waals surface area contributed by atoms with E-state index in [9.17, 15) is 9.59 Å².